The van der Waals surface area contributed by atoms with Gasteiger partial charge in [0.25, 0.3) is 0 Å². The van der Waals surface area contributed by atoms with Crippen LogP contribution in [0.25, 0.3) is 0 Å². The second kappa shape index (κ2) is 5.34. The molecule has 3 nitrogen and oxygen atoms in total. The van der Waals surface area contributed by atoms with E-state index in [0.29, 0.717) is 24.8 Å². The van der Waals surface area contributed by atoms with Crippen LogP contribution in [0.5, 0.6) is 0 Å². The van der Waals surface area contributed by atoms with E-state index >= 15 is 0 Å². The van der Waals surface area contributed by atoms with Gasteiger partial charge in [-0.1, -0.05) is 15.9 Å². The molecule has 1 aliphatic rings. The van der Waals surface area contributed by atoms with Crippen molar-refractivity contribution in [3.63, 3.8) is 0 Å². The molecule has 0 saturated carbocycles. The lowest BCUT2D eigenvalue weighted by atomic mass is 9.95. The molecule has 0 aliphatic carbocycles. The third-order valence-corrected chi connectivity index (χ3v) is 3.07. The standard InChI is InChI=1S/C11H19BrFNO2/c1-11(2,3)16-10(15)14-6-8(7-14)4-9(13)5-12/h8-9H,4-7H2,1-3H3/t9-/m0/s1. The maximum atomic E-state index is 13.0. The van der Waals surface area contributed by atoms with E-state index in [4.69, 9.17) is 4.74 Å². The normalized spacial score (nSPS) is 19.2. The first-order chi connectivity index (χ1) is 7.31. The molecule has 94 valence electrons. The minimum absolute atomic E-state index is 0.278. The molecule has 1 atom stereocenters. The fraction of sp³-hybridized carbons (Fsp3) is 0.909. The molecule has 0 aromatic heterocycles. The van der Waals surface area contributed by atoms with Crippen LogP contribution in [0, 0.1) is 5.92 Å². The molecule has 1 saturated heterocycles. The van der Waals surface area contributed by atoms with Crippen LogP contribution in [0.1, 0.15) is 27.2 Å². The Hall–Kier alpha value is -0.320. The van der Waals surface area contributed by atoms with Gasteiger partial charge in [0.2, 0.25) is 0 Å². The number of carbonyl (C=O) groups is 1. The van der Waals surface area contributed by atoms with Gasteiger partial charge in [0, 0.05) is 18.4 Å². The van der Waals surface area contributed by atoms with Gasteiger partial charge in [-0.3, -0.25) is 0 Å². The summed E-state index contributed by atoms with van der Waals surface area (Å²) < 4.78 is 18.2. The Labute approximate surface area is 104 Å². The van der Waals surface area contributed by atoms with E-state index in [0.717, 1.165) is 0 Å². The number of halogens is 2. The molecule has 0 N–H and O–H groups in total. The summed E-state index contributed by atoms with van der Waals surface area (Å²) in [7, 11) is 0. The summed E-state index contributed by atoms with van der Waals surface area (Å²) in [6, 6.07) is 0. The van der Waals surface area contributed by atoms with Crippen molar-refractivity contribution >= 4 is 22.0 Å². The Kier molecular flexibility index (Phi) is 4.59. The van der Waals surface area contributed by atoms with Crippen LogP contribution in [0.3, 0.4) is 0 Å². The molecule has 0 radical (unpaired) electrons. The quantitative estimate of drug-likeness (QED) is 0.749. The number of amides is 1. The van der Waals surface area contributed by atoms with Gasteiger partial charge in [-0.2, -0.15) is 0 Å². The van der Waals surface area contributed by atoms with Gasteiger partial charge < -0.3 is 9.64 Å². The van der Waals surface area contributed by atoms with E-state index in [2.05, 4.69) is 15.9 Å². The number of hydrogen-bond donors (Lipinski definition) is 0. The predicted octanol–water partition coefficient (Wildman–Crippen LogP) is 2.98. The highest BCUT2D eigenvalue weighted by Gasteiger charge is 2.34. The molecule has 0 spiro atoms. The Balaban J connectivity index is 2.23. The summed E-state index contributed by atoms with van der Waals surface area (Å²) in [6.07, 6.45) is -0.589. The van der Waals surface area contributed by atoms with Gasteiger partial charge in [-0.05, 0) is 33.1 Å². The number of hydrogen-bond acceptors (Lipinski definition) is 2. The third-order valence-electron chi connectivity index (χ3n) is 2.37. The number of nitrogens with zero attached hydrogens (tertiary/aromatic N) is 1. The lowest BCUT2D eigenvalue weighted by Gasteiger charge is -2.40. The first-order valence-corrected chi connectivity index (χ1v) is 6.62. The van der Waals surface area contributed by atoms with Gasteiger partial charge in [-0.25, -0.2) is 9.18 Å². The SMILES string of the molecule is CC(C)(C)OC(=O)N1CC(C[C@H](F)CBr)C1. The van der Waals surface area contributed by atoms with Crippen molar-refractivity contribution in [1.82, 2.24) is 4.90 Å². The largest absolute Gasteiger partial charge is 0.444 e. The summed E-state index contributed by atoms with van der Waals surface area (Å²) in [6.45, 7) is 6.74. The fourth-order valence-electron chi connectivity index (χ4n) is 1.62. The maximum Gasteiger partial charge on any atom is 0.410 e. The van der Waals surface area contributed by atoms with Crippen LogP contribution >= 0.6 is 15.9 Å². The van der Waals surface area contributed by atoms with E-state index in [1.54, 1.807) is 4.90 Å². The number of rotatable bonds is 3. The zero-order valence-corrected chi connectivity index (χ0v) is 11.6. The lowest BCUT2D eigenvalue weighted by molar-refractivity contribution is -0.00492. The summed E-state index contributed by atoms with van der Waals surface area (Å²) >= 11 is 3.10. The number of alkyl halides is 2. The van der Waals surface area contributed by atoms with Gasteiger partial charge in [-0.15, -0.1) is 0 Å². The van der Waals surface area contributed by atoms with E-state index < -0.39 is 11.8 Å². The summed E-state index contributed by atoms with van der Waals surface area (Å²) in [4.78, 5) is 13.2. The average Bonchev–Trinajstić information content (AvgIpc) is 2.06. The molecule has 1 aliphatic heterocycles. The number of likely N-dealkylation sites (tertiary alicyclic amines) is 1. The minimum Gasteiger partial charge on any atom is -0.444 e. The minimum atomic E-state index is -0.814. The molecule has 0 aromatic rings. The topological polar surface area (TPSA) is 29.5 Å². The van der Waals surface area contributed by atoms with Crippen LogP contribution in [0.2, 0.25) is 0 Å². The lowest BCUT2D eigenvalue weighted by Crippen LogP contribution is -2.52. The van der Waals surface area contributed by atoms with Crippen LogP contribution < -0.4 is 0 Å². The van der Waals surface area contributed by atoms with Crippen molar-refractivity contribution in [1.29, 1.82) is 0 Å². The molecule has 1 heterocycles. The highest BCUT2D eigenvalue weighted by molar-refractivity contribution is 9.09. The smallest absolute Gasteiger partial charge is 0.410 e. The van der Waals surface area contributed by atoms with Crippen LogP contribution in [0.15, 0.2) is 0 Å². The van der Waals surface area contributed by atoms with E-state index in [9.17, 15) is 9.18 Å². The molecular formula is C11H19BrFNO2. The van der Waals surface area contributed by atoms with Gasteiger partial charge in [0.1, 0.15) is 11.8 Å². The zero-order chi connectivity index (χ0) is 12.3. The van der Waals surface area contributed by atoms with E-state index in [-0.39, 0.29) is 12.0 Å². The van der Waals surface area contributed by atoms with Crippen LogP contribution in [-0.2, 0) is 4.74 Å². The maximum absolute atomic E-state index is 13.0. The third kappa shape index (κ3) is 4.28. The van der Waals surface area contributed by atoms with E-state index in [1.807, 2.05) is 20.8 Å². The second-order valence-corrected chi connectivity index (χ2v) is 5.89. The Morgan fingerprint density at radius 3 is 2.56 bits per heavy atom. The first kappa shape index (κ1) is 13.7. The molecule has 0 unspecified atom stereocenters. The monoisotopic (exact) mass is 295 g/mol. The molecule has 1 fully saturated rings. The Bertz CT molecular complexity index is 249. The average molecular weight is 296 g/mol. The zero-order valence-electron chi connectivity index (χ0n) is 10.0. The van der Waals surface area contributed by atoms with Crippen molar-refractivity contribution < 1.29 is 13.9 Å². The summed E-state index contributed by atoms with van der Waals surface area (Å²) in [5.74, 6) is 0.278. The highest BCUT2D eigenvalue weighted by Crippen LogP contribution is 2.24. The van der Waals surface area contributed by atoms with Crippen molar-refractivity contribution in [3.05, 3.63) is 0 Å². The Morgan fingerprint density at radius 2 is 2.12 bits per heavy atom. The van der Waals surface area contributed by atoms with Crippen molar-refractivity contribution in [2.24, 2.45) is 5.92 Å². The molecule has 5 heteroatoms. The van der Waals surface area contributed by atoms with Crippen molar-refractivity contribution in [2.45, 2.75) is 39.0 Å². The van der Waals surface area contributed by atoms with Crippen molar-refractivity contribution in [2.75, 3.05) is 18.4 Å². The molecular weight excluding hydrogens is 277 g/mol. The predicted molar refractivity (Wildman–Crippen MR) is 64.6 cm³/mol. The second-order valence-electron chi connectivity index (χ2n) is 5.24. The van der Waals surface area contributed by atoms with Crippen LogP contribution in [-0.4, -0.2) is 41.2 Å². The summed E-state index contributed by atoms with van der Waals surface area (Å²) in [5, 5.41) is 0.371. The van der Waals surface area contributed by atoms with Gasteiger partial charge >= 0.3 is 6.09 Å². The van der Waals surface area contributed by atoms with Gasteiger partial charge in [0.15, 0.2) is 0 Å². The van der Waals surface area contributed by atoms with Gasteiger partial charge in [0.05, 0.1) is 0 Å². The number of ether oxygens (including phenoxy) is 1. The molecule has 0 bridgehead atoms. The molecule has 16 heavy (non-hydrogen) atoms. The van der Waals surface area contributed by atoms with E-state index in [1.165, 1.54) is 0 Å². The molecule has 1 rings (SSSR count). The fourth-order valence-corrected chi connectivity index (χ4v) is 1.88. The van der Waals surface area contributed by atoms with Crippen LogP contribution in [0.4, 0.5) is 9.18 Å². The first-order valence-electron chi connectivity index (χ1n) is 5.50. The molecule has 1 amide bonds. The highest BCUT2D eigenvalue weighted by atomic mass is 79.9. The summed E-state index contributed by atoms with van der Waals surface area (Å²) in [5.41, 5.74) is -0.458. The molecule has 0 aromatic carbocycles. The number of carbonyl (C=O) groups excluding carboxylic acids is 1. The van der Waals surface area contributed by atoms with Crippen molar-refractivity contribution in [3.8, 4) is 0 Å². The Morgan fingerprint density at radius 1 is 1.56 bits per heavy atom.